The van der Waals surface area contributed by atoms with Crippen molar-refractivity contribution in [1.82, 2.24) is 4.90 Å². The summed E-state index contributed by atoms with van der Waals surface area (Å²) in [4.78, 5) is 2.49. The van der Waals surface area contributed by atoms with Gasteiger partial charge in [-0.15, -0.1) is 0 Å². The van der Waals surface area contributed by atoms with Gasteiger partial charge in [0.25, 0.3) is 0 Å². The van der Waals surface area contributed by atoms with Crippen LogP contribution in [0.1, 0.15) is 30.4 Å². The Balaban J connectivity index is 1.69. The van der Waals surface area contributed by atoms with Crippen LogP contribution in [0.3, 0.4) is 0 Å². The fraction of sp³-hybridized carbons (Fsp3) is 0.381. The molecule has 2 heterocycles. The lowest BCUT2D eigenvalue weighted by atomic mass is 9.96. The van der Waals surface area contributed by atoms with Crippen molar-refractivity contribution in [3.05, 3.63) is 53.3 Å². The highest BCUT2D eigenvalue weighted by Crippen LogP contribution is 2.40. The summed E-state index contributed by atoms with van der Waals surface area (Å²) in [6.07, 6.45) is 3.43. The number of nitrogens with two attached hydrogens (primary N) is 1. The molecule has 0 spiro atoms. The van der Waals surface area contributed by atoms with E-state index in [1.165, 1.54) is 18.6 Å². The molecule has 5 heteroatoms. The smallest absolute Gasteiger partial charge is 0.141 e. The van der Waals surface area contributed by atoms with Gasteiger partial charge in [0.1, 0.15) is 17.6 Å². The number of hydrogen-bond acceptors (Lipinski definition) is 4. The largest absolute Gasteiger partial charge is 0.496 e. The molecule has 0 radical (unpaired) electrons. The zero-order chi connectivity index (χ0) is 18.3. The molecule has 2 aliphatic rings. The zero-order valence-corrected chi connectivity index (χ0v) is 14.8. The summed E-state index contributed by atoms with van der Waals surface area (Å²) < 4.78 is 19.8. The Bertz CT molecular complexity index is 876. The molecule has 2 N–H and O–H groups in total. The Kier molecular flexibility index (Phi) is 4.39. The van der Waals surface area contributed by atoms with E-state index < -0.39 is 5.82 Å². The summed E-state index contributed by atoms with van der Waals surface area (Å²) in [7, 11) is 1.65. The number of para-hydroxylation sites is 1. The molecule has 2 aromatic carbocycles. The minimum atomic E-state index is -0.513. The molecule has 134 valence electrons. The third-order valence-electron chi connectivity index (χ3n) is 5.78. The molecule has 2 aromatic rings. The monoisotopic (exact) mass is 351 g/mol. The van der Waals surface area contributed by atoms with E-state index in [2.05, 4.69) is 11.0 Å². The molecular weight excluding hydrogens is 329 g/mol. The average Bonchev–Trinajstić information content (AvgIpc) is 3.17. The van der Waals surface area contributed by atoms with E-state index in [1.807, 2.05) is 18.2 Å². The molecule has 3 atom stereocenters. The predicted octanol–water partition coefficient (Wildman–Crippen LogP) is 3.44. The number of hydrogen-bond donors (Lipinski definition) is 1. The van der Waals surface area contributed by atoms with Crippen LogP contribution in [-0.4, -0.2) is 30.1 Å². The lowest BCUT2D eigenvalue weighted by Crippen LogP contribution is -2.36. The van der Waals surface area contributed by atoms with Gasteiger partial charge in [-0.05, 0) is 37.0 Å². The minimum Gasteiger partial charge on any atom is -0.496 e. The van der Waals surface area contributed by atoms with Crippen molar-refractivity contribution < 1.29 is 9.13 Å². The minimum absolute atomic E-state index is 0.0477. The number of benzene rings is 2. The van der Waals surface area contributed by atoms with Gasteiger partial charge in [-0.3, -0.25) is 4.90 Å². The van der Waals surface area contributed by atoms with Crippen LogP contribution in [-0.2, 0) is 6.54 Å². The maximum atomic E-state index is 14.1. The van der Waals surface area contributed by atoms with Gasteiger partial charge < -0.3 is 10.5 Å². The molecule has 2 saturated heterocycles. The van der Waals surface area contributed by atoms with Gasteiger partial charge >= 0.3 is 0 Å². The van der Waals surface area contributed by atoms with Crippen LogP contribution in [0.4, 0.5) is 4.39 Å². The van der Waals surface area contributed by atoms with Crippen molar-refractivity contribution in [1.29, 1.82) is 5.26 Å². The number of halogens is 1. The van der Waals surface area contributed by atoms with Gasteiger partial charge in [0, 0.05) is 35.8 Å². The Labute approximate surface area is 153 Å². The Morgan fingerprint density at radius 3 is 2.77 bits per heavy atom. The molecular formula is C21H22FN3O. The number of methoxy groups -OCH3 is 1. The summed E-state index contributed by atoms with van der Waals surface area (Å²) in [5.41, 5.74) is 8.94. The van der Waals surface area contributed by atoms with Gasteiger partial charge in [-0.1, -0.05) is 24.3 Å². The van der Waals surface area contributed by atoms with E-state index in [0.29, 0.717) is 17.6 Å². The Hall–Kier alpha value is -2.42. The summed E-state index contributed by atoms with van der Waals surface area (Å²) in [5, 5.41) is 8.93. The normalized spacial score (nSPS) is 24.6. The quantitative estimate of drug-likeness (QED) is 0.917. The highest BCUT2D eigenvalue weighted by molar-refractivity contribution is 5.72. The summed E-state index contributed by atoms with van der Waals surface area (Å²) >= 11 is 0. The topological polar surface area (TPSA) is 62.3 Å². The maximum absolute atomic E-state index is 14.1. The predicted molar refractivity (Wildman–Crippen MR) is 98.0 cm³/mol. The zero-order valence-electron chi connectivity index (χ0n) is 14.8. The third-order valence-corrected chi connectivity index (χ3v) is 5.78. The number of nitriles is 1. The van der Waals surface area contributed by atoms with E-state index in [0.717, 1.165) is 36.3 Å². The van der Waals surface area contributed by atoms with Crippen molar-refractivity contribution in [2.24, 2.45) is 5.73 Å². The molecule has 0 aliphatic carbocycles. The molecule has 2 bridgehead atoms. The van der Waals surface area contributed by atoms with Gasteiger partial charge in [-0.2, -0.15) is 5.26 Å². The molecule has 0 saturated carbocycles. The molecule has 0 amide bonds. The molecule has 0 unspecified atom stereocenters. The van der Waals surface area contributed by atoms with Crippen LogP contribution in [0.15, 0.2) is 36.4 Å². The second kappa shape index (κ2) is 6.71. The van der Waals surface area contributed by atoms with Gasteiger partial charge in [-0.25, -0.2) is 4.39 Å². The molecule has 4 rings (SSSR count). The lowest BCUT2D eigenvalue weighted by Gasteiger charge is -2.24. The highest BCUT2D eigenvalue weighted by Gasteiger charge is 2.44. The SMILES string of the molecule is COc1c(CN2[C@@H]3CC[C@H]2[C@@H](N)C3)cccc1-c1ccc(C#N)c(F)c1. The number of ether oxygens (including phenoxy) is 1. The Morgan fingerprint density at radius 1 is 1.31 bits per heavy atom. The van der Waals surface area contributed by atoms with Gasteiger partial charge in [0.05, 0.1) is 12.7 Å². The first-order chi connectivity index (χ1) is 12.6. The van der Waals surface area contributed by atoms with Crippen molar-refractivity contribution in [2.45, 2.75) is 43.9 Å². The van der Waals surface area contributed by atoms with Gasteiger partial charge in [0.15, 0.2) is 0 Å². The number of fused-ring (bicyclic) bond motifs is 2. The fourth-order valence-electron chi connectivity index (χ4n) is 4.54. The first-order valence-electron chi connectivity index (χ1n) is 8.99. The summed E-state index contributed by atoms with van der Waals surface area (Å²) in [5.74, 6) is 0.248. The van der Waals surface area contributed by atoms with E-state index >= 15 is 0 Å². The standard InChI is InChI=1S/C21H22FN3O/c1-26-21-15(12-25-16-7-8-20(25)19(24)10-16)3-2-4-17(21)13-5-6-14(11-23)18(22)9-13/h2-6,9,16,19-20H,7-8,10,12,24H2,1H3/t16-,19+,20+/m1/s1. The molecule has 4 nitrogen and oxygen atoms in total. The second-order valence-electron chi connectivity index (χ2n) is 7.17. The first kappa shape index (κ1) is 17.0. The summed E-state index contributed by atoms with van der Waals surface area (Å²) in [6, 6.07) is 13.7. The number of nitrogens with zero attached hydrogens (tertiary/aromatic N) is 2. The molecule has 2 aliphatic heterocycles. The fourth-order valence-corrected chi connectivity index (χ4v) is 4.54. The van der Waals surface area contributed by atoms with Crippen LogP contribution >= 0.6 is 0 Å². The molecule has 26 heavy (non-hydrogen) atoms. The second-order valence-corrected chi connectivity index (χ2v) is 7.17. The van der Waals surface area contributed by atoms with E-state index in [1.54, 1.807) is 13.2 Å². The lowest BCUT2D eigenvalue weighted by molar-refractivity contribution is 0.235. The highest BCUT2D eigenvalue weighted by atomic mass is 19.1. The van der Waals surface area contributed by atoms with Crippen molar-refractivity contribution in [3.63, 3.8) is 0 Å². The molecule has 2 fully saturated rings. The van der Waals surface area contributed by atoms with Crippen LogP contribution in [0, 0.1) is 17.1 Å². The summed E-state index contributed by atoms with van der Waals surface area (Å²) in [6.45, 7) is 0.790. The van der Waals surface area contributed by atoms with Crippen LogP contribution in [0.25, 0.3) is 11.1 Å². The van der Waals surface area contributed by atoms with Crippen molar-refractivity contribution in [3.8, 4) is 22.9 Å². The van der Waals surface area contributed by atoms with Crippen LogP contribution in [0.5, 0.6) is 5.75 Å². The average molecular weight is 351 g/mol. The van der Waals surface area contributed by atoms with Crippen LogP contribution in [0.2, 0.25) is 0 Å². The first-order valence-corrected chi connectivity index (χ1v) is 8.99. The molecule has 0 aromatic heterocycles. The van der Waals surface area contributed by atoms with Crippen LogP contribution < -0.4 is 10.5 Å². The maximum Gasteiger partial charge on any atom is 0.141 e. The van der Waals surface area contributed by atoms with E-state index in [4.69, 9.17) is 15.7 Å². The van der Waals surface area contributed by atoms with Crippen molar-refractivity contribution in [2.75, 3.05) is 7.11 Å². The third kappa shape index (κ3) is 2.76. The van der Waals surface area contributed by atoms with E-state index in [-0.39, 0.29) is 11.6 Å². The van der Waals surface area contributed by atoms with Gasteiger partial charge in [0.2, 0.25) is 0 Å². The Morgan fingerprint density at radius 2 is 2.15 bits per heavy atom. The number of rotatable bonds is 4. The van der Waals surface area contributed by atoms with E-state index in [9.17, 15) is 4.39 Å². The van der Waals surface area contributed by atoms with Crippen molar-refractivity contribution >= 4 is 0 Å².